The first-order chi connectivity index (χ1) is 17.3. The van der Waals surface area contributed by atoms with Gasteiger partial charge in [-0.15, -0.1) is 0 Å². The molecule has 0 bridgehead atoms. The van der Waals surface area contributed by atoms with E-state index in [1.165, 1.54) is 0 Å². The summed E-state index contributed by atoms with van der Waals surface area (Å²) in [7, 11) is 0. The molecule has 1 saturated heterocycles. The average molecular weight is 512 g/mol. The van der Waals surface area contributed by atoms with E-state index in [0.717, 1.165) is 35.1 Å². The maximum Gasteiger partial charge on any atom is 0.277 e. The zero-order chi connectivity index (χ0) is 25.1. The summed E-state index contributed by atoms with van der Waals surface area (Å²) in [6.07, 6.45) is 7.22. The van der Waals surface area contributed by atoms with Crippen LogP contribution >= 0.6 is 11.6 Å². The summed E-state index contributed by atoms with van der Waals surface area (Å²) in [4.78, 5) is 17.7. The molecule has 0 amide bonds. The van der Waals surface area contributed by atoms with Gasteiger partial charge in [0, 0.05) is 46.1 Å². The molecule has 1 aliphatic carbocycles. The zero-order valence-corrected chi connectivity index (χ0v) is 20.6. The quantitative estimate of drug-likeness (QED) is 0.363. The van der Waals surface area contributed by atoms with Crippen LogP contribution in [0.5, 0.6) is 0 Å². The molecule has 4 aromatic rings. The molecule has 1 aliphatic heterocycles. The molecule has 1 saturated carbocycles. The van der Waals surface area contributed by atoms with E-state index >= 15 is 8.78 Å². The Morgan fingerprint density at radius 3 is 2.58 bits per heavy atom. The van der Waals surface area contributed by atoms with E-state index in [9.17, 15) is 4.79 Å². The van der Waals surface area contributed by atoms with Gasteiger partial charge in [-0.25, -0.2) is 13.8 Å². The van der Waals surface area contributed by atoms with Gasteiger partial charge in [0.05, 0.1) is 29.6 Å². The second-order valence-electron chi connectivity index (χ2n) is 9.66. The van der Waals surface area contributed by atoms with Crippen LogP contribution in [-0.4, -0.2) is 31.0 Å². The third kappa shape index (κ3) is 4.00. The Hall–Kier alpha value is -3.17. The van der Waals surface area contributed by atoms with Crippen molar-refractivity contribution in [3.05, 3.63) is 80.1 Å². The van der Waals surface area contributed by atoms with Crippen molar-refractivity contribution < 1.29 is 13.5 Å². The number of ether oxygens (including phenoxy) is 1. The van der Waals surface area contributed by atoms with Crippen LogP contribution in [0.15, 0.2) is 35.4 Å². The summed E-state index contributed by atoms with van der Waals surface area (Å²) in [5, 5.41) is 9.05. The number of halogens is 3. The van der Waals surface area contributed by atoms with E-state index < -0.39 is 11.6 Å². The van der Waals surface area contributed by atoms with Gasteiger partial charge in [0.2, 0.25) is 0 Å². The first-order valence-electron chi connectivity index (χ1n) is 12.0. The van der Waals surface area contributed by atoms with Gasteiger partial charge >= 0.3 is 0 Å². The highest BCUT2D eigenvalue weighted by atomic mass is 35.5. The Morgan fingerprint density at radius 1 is 1.11 bits per heavy atom. The predicted octanol–water partition coefficient (Wildman–Crippen LogP) is 5.47. The molecular formula is C26H24ClF2N5O2. The van der Waals surface area contributed by atoms with Crippen LogP contribution in [0.1, 0.15) is 66.3 Å². The van der Waals surface area contributed by atoms with E-state index in [2.05, 4.69) is 15.2 Å². The van der Waals surface area contributed by atoms with Crippen LogP contribution in [0.2, 0.25) is 5.02 Å². The summed E-state index contributed by atoms with van der Waals surface area (Å²) < 4.78 is 39.3. The van der Waals surface area contributed by atoms with Crippen LogP contribution in [0, 0.1) is 25.5 Å². The Bertz CT molecular complexity index is 1540. The summed E-state index contributed by atoms with van der Waals surface area (Å²) in [6, 6.07) is 4.22. The number of benzene rings is 1. The highest BCUT2D eigenvalue weighted by molar-refractivity contribution is 6.30. The third-order valence-corrected chi connectivity index (χ3v) is 7.39. The largest absolute Gasteiger partial charge is 0.373 e. The molecule has 2 fully saturated rings. The molecule has 0 N–H and O–H groups in total. The summed E-state index contributed by atoms with van der Waals surface area (Å²) in [5.74, 6) is -1.75. The molecule has 0 spiro atoms. The fraction of sp³-hybridized carbons (Fsp3) is 0.385. The van der Waals surface area contributed by atoms with Crippen molar-refractivity contribution in [2.75, 3.05) is 6.61 Å². The summed E-state index contributed by atoms with van der Waals surface area (Å²) >= 11 is 5.87. The minimum absolute atomic E-state index is 0.0523. The molecule has 4 heterocycles. The van der Waals surface area contributed by atoms with Gasteiger partial charge in [0.25, 0.3) is 5.56 Å². The lowest BCUT2D eigenvalue weighted by Crippen LogP contribution is -2.25. The number of aromatic nitrogens is 5. The van der Waals surface area contributed by atoms with Gasteiger partial charge in [0.1, 0.15) is 11.6 Å². The van der Waals surface area contributed by atoms with Gasteiger partial charge in [-0.1, -0.05) is 11.6 Å². The lowest BCUT2D eigenvalue weighted by atomic mass is 9.89. The van der Waals surface area contributed by atoms with Crippen LogP contribution in [0.25, 0.3) is 16.8 Å². The molecule has 0 unspecified atom stereocenters. The maximum atomic E-state index is 15.0. The number of aryl methyl sites for hydroxylation is 1. The minimum Gasteiger partial charge on any atom is -0.373 e. The van der Waals surface area contributed by atoms with Gasteiger partial charge in [-0.2, -0.15) is 14.7 Å². The van der Waals surface area contributed by atoms with Crippen molar-refractivity contribution in [3.8, 4) is 11.1 Å². The molecule has 0 radical (unpaired) electrons. The van der Waals surface area contributed by atoms with Crippen molar-refractivity contribution in [1.29, 1.82) is 0 Å². The number of fused-ring (bicyclic) bond motifs is 1. The number of hydrogen-bond acceptors (Lipinski definition) is 5. The fourth-order valence-corrected chi connectivity index (χ4v) is 5.05. The second kappa shape index (κ2) is 8.74. The molecule has 1 aromatic carbocycles. The molecule has 10 heteroatoms. The second-order valence-corrected chi connectivity index (χ2v) is 10.1. The van der Waals surface area contributed by atoms with Gasteiger partial charge < -0.3 is 4.74 Å². The lowest BCUT2D eigenvalue weighted by Gasteiger charge is -2.29. The summed E-state index contributed by atoms with van der Waals surface area (Å²) in [5.41, 5.74) is 2.06. The Labute approximate surface area is 210 Å². The average Bonchev–Trinajstić information content (AvgIpc) is 3.58. The van der Waals surface area contributed by atoms with Crippen LogP contribution in [0.4, 0.5) is 8.78 Å². The smallest absolute Gasteiger partial charge is 0.277 e. The first-order valence-corrected chi connectivity index (χ1v) is 12.4. The van der Waals surface area contributed by atoms with Crippen LogP contribution < -0.4 is 5.56 Å². The predicted molar refractivity (Wildman–Crippen MR) is 130 cm³/mol. The highest BCUT2D eigenvalue weighted by Gasteiger charge is 2.31. The van der Waals surface area contributed by atoms with Gasteiger partial charge in [-0.3, -0.25) is 9.48 Å². The number of rotatable bonds is 4. The Morgan fingerprint density at radius 2 is 1.86 bits per heavy atom. The van der Waals surface area contributed by atoms with Crippen molar-refractivity contribution in [3.63, 3.8) is 0 Å². The SMILES string of the molecule is Cc1nc2c(-c3c(F)cc(Cl)cc3F)cc([C@@H]3CCO[C@H](c4cnn(C5CC5)c4)C3)nn2c(=O)c1C. The summed E-state index contributed by atoms with van der Waals surface area (Å²) in [6.45, 7) is 3.84. The highest BCUT2D eigenvalue weighted by Crippen LogP contribution is 2.40. The van der Waals surface area contributed by atoms with Gasteiger partial charge in [0.15, 0.2) is 5.65 Å². The normalized spacial score (nSPS) is 20.2. The molecule has 2 aliphatic rings. The monoisotopic (exact) mass is 511 g/mol. The molecular weight excluding hydrogens is 488 g/mol. The third-order valence-electron chi connectivity index (χ3n) is 7.17. The molecule has 3 aromatic heterocycles. The minimum atomic E-state index is -0.830. The van der Waals surface area contributed by atoms with E-state index in [4.69, 9.17) is 16.3 Å². The van der Waals surface area contributed by atoms with Crippen LogP contribution in [0.3, 0.4) is 0 Å². The van der Waals surface area contributed by atoms with E-state index in [1.54, 1.807) is 19.9 Å². The van der Waals surface area contributed by atoms with Gasteiger partial charge in [-0.05, 0) is 57.7 Å². The first kappa shape index (κ1) is 23.2. The zero-order valence-electron chi connectivity index (χ0n) is 19.8. The topological polar surface area (TPSA) is 74.3 Å². The molecule has 36 heavy (non-hydrogen) atoms. The van der Waals surface area contributed by atoms with Crippen molar-refractivity contribution >= 4 is 17.2 Å². The molecule has 2 atom stereocenters. The van der Waals surface area contributed by atoms with E-state index in [-0.39, 0.29) is 39.4 Å². The van der Waals surface area contributed by atoms with E-state index in [1.807, 2.05) is 17.1 Å². The van der Waals surface area contributed by atoms with E-state index in [0.29, 0.717) is 42.4 Å². The van der Waals surface area contributed by atoms with Crippen LogP contribution in [-0.2, 0) is 4.74 Å². The Kier molecular flexibility index (Phi) is 5.64. The number of nitrogens with zero attached hydrogens (tertiary/aromatic N) is 5. The molecule has 6 rings (SSSR count). The molecule has 186 valence electrons. The Balaban J connectivity index is 1.47. The van der Waals surface area contributed by atoms with Crippen molar-refractivity contribution in [2.45, 2.75) is 57.6 Å². The maximum absolute atomic E-state index is 15.0. The molecule has 7 nitrogen and oxygen atoms in total. The number of hydrogen-bond donors (Lipinski definition) is 0. The fourth-order valence-electron chi connectivity index (χ4n) is 4.86. The lowest BCUT2D eigenvalue weighted by molar-refractivity contribution is 0.00443. The standard InChI is InChI=1S/C26H24ClF2N5O2/c1-13-14(2)31-25-19(24-20(28)8-17(27)9-21(24)29)10-22(32-34(25)26(13)35)15-5-6-36-23(7-15)16-11-30-33(12-16)18-3-4-18/h8-12,15,18,23H,3-7H2,1-2H3/t15-,23+/m1/s1. The van der Waals surface area contributed by atoms with Crippen molar-refractivity contribution in [2.24, 2.45) is 0 Å². The van der Waals surface area contributed by atoms with Crippen molar-refractivity contribution in [1.82, 2.24) is 24.4 Å².